The van der Waals surface area contributed by atoms with Crippen LogP contribution in [0.3, 0.4) is 0 Å². The van der Waals surface area contributed by atoms with E-state index in [1.54, 1.807) is 18.2 Å². The summed E-state index contributed by atoms with van der Waals surface area (Å²) in [4.78, 5) is 50.7. The van der Waals surface area contributed by atoms with Crippen molar-refractivity contribution in [1.29, 1.82) is 0 Å². The first kappa shape index (κ1) is 22.2. The maximum atomic E-state index is 13.1. The van der Waals surface area contributed by atoms with Gasteiger partial charge >= 0.3 is 0 Å². The number of rotatable bonds is 6. The van der Waals surface area contributed by atoms with Gasteiger partial charge < -0.3 is 5.32 Å². The fourth-order valence-corrected chi connectivity index (χ4v) is 5.96. The molecule has 4 amide bonds. The van der Waals surface area contributed by atoms with Gasteiger partial charge in [0.1, 0.15) is 6.04 Å². The molecule has 2 N–H and O–H groups in total. The highest BCUT2D eigenvalue weighted by molar-refractivity contribution is 6.23. The molecule has 2 saturated carbocycles. The summed E-state index contributed by atoms with van der Waals surface area (Å²) in [5.41, 5.74) is 3.83. The molecule has 7 rings (SSSR count). The van der Waals surface area contributed by atoms with E-state index in [0.717, 1.165) is 30.0 Å². The number of amides is 4. The van der Waals surface area contributed by atoms with E-state index < -0.39 is 23.8 Å². The first-order chi connectivity index (χ1) is 18.0. The highest BCUT2D eigenvalue weighted by Gasteiger charge is 2.44. The van der Waals surface area contributed by atoms with Crippen molar-refractivity contribution in [1.82, 2.24) is 20.0 Å². The van der Waals surface area contributed by atoms with Crippen molar-refractivity contribution in [3.63, 3.8) is 0 Å². The molecule has 3 aromatic rings. The molecule has 0 spiro atoms. The zero-order valence-electron chi connectivity index (χ0n) is 20.3. The van der Waals surface area contributed by atoms with Crippen molar-refractivity contribution < 1.29 is 19.2 Å². The summed E-state index contributed by atoms with van der Waals surface area (Å²) in [6.45, 7) is 0.767. The Bertz CT molecular complexity index is 1480. The van der Waals surface area contributed by atoms with Gasteiger partial charge in [-0.15, -0.1) is 0 Å². The molecule has 2 aromatic carbocycles. The number of imide groups is 2. The van der Waals surface area contributed by atoms with E-state index in [1.165, 1.54) is 29.4 Å². The van der Waals surface area contributed by atoms with Crippen molar-refractivity contribution in [3.05, 3.63) is 59.3 Å². The van der Waals surface area contributed by atoms with Gasteiger partial charge in [0, 0.05) is 30.0 Å². The second-order valence-electron chi connectivity index (χ2n) is 10.7. The van der Waals surface area contributed by atoms with Crippen molar-refractivity contribution in [2.75, 3.05) is 11.9 Å². The smallest absolute Gasteiger partial charge is 0.262 e. The molecule has 9 heteroatoms. The number of aromatic nitrogens is 2. The number of hydrogen-bond donors (Lipinski definition) is 2. The molecule has 3 fully saturated rings. The largest absolute Gasteiger partial charge is 0.385 e. The number of nitrogens with one attached hydrogen (secondary N) is 2. The normalized spacial score (nSPS) is 25.3. The minimum Gasteiger partial charge on any atom is -0.385 e. The molecule has 1 saturated heterocycles. The Morgan fingerprint density at radius 3 is 2.51 bits per heavy atom. The second kappa shape index (κ2) is 8.26. The highest BCUT2D eigenvalue weighted by atomic mass is 16.2. The lowest BCUT2D eigenvalue weighted by atomic mass is 9.80. The zero-order chi connectivity index (χ0) is 25.3. The third kappa shape index (κ3) is 3.63. The predicted octanol–water partition coefficient (Wildman–Crippen LogP) is 3.38. The monoisotopic (exact) mass is 497 g/mol. The van der Waals surface area contributed by atoms with Gasteiger partial charge in [0.05, 0.1) is 28.4 Å². The number of carbonyl (C=O) groups is 4. The van der Waals surface area contributed by atoms with E-state index in [-0.39, 0.29) is 18.7 Å². The van der Waals surface area contributed by atoms with E-state index in [2.05, 4.69) is 39.6 Å². The number of para-hydroxylation sites is 1. The fraction of sp³-hybridized carbons (Fsp3) is 0.393. The number of benzene rings is 2. The molecule has 9 nitrogen and oxygen atoms in total. The Morgan fingerprint density at radius 2 is 1.73 bits per heavy atom. The first-order valence-corrected chi connectivity index (χ1v) is 13.0. The fourth-order valence-electron chi connectivity index (χ4n) is 5.96. The van der Waals surface area contributed by atoms with E-state index in [9.17, 15) is 19.2 Å². The molecule has 2 aliphatic heterocycles. The van der Waals surface area contributed by atoms with Crippen molar-refractivity contribution >= 4 is 40.2 Å². The minimum atomic E-state index is -0.952. The summed E-state index contributed by atoms with van der Waals surface area (Å²) in [6.07, 6.45) is 4.80. The third-order valence-electron chi connectivity index (χ3n) is 8.20. The van der Waals surface area contributed by atoms with Gasteiger partial charge in [0.2, 0.25) is 11.8 Å². The van der Waals surface area contributed by atoms with Crippen LogP contribution in [0.5, 0.6) is 0 Å². The van der Waals surface area contributed by atoms with Gasteiger partial charge in [-0.3, -0.25) is 34.1 Å². The molecule has 37 heavy (non-hydrogen) atoms. The lowest BCUT2D eigenvalue weighted by Gasteiger charge is -2.36. The average Bonchev–Trinajstić information content (AvgIpc) is 3.60. The molecule has 4 aliphatic rings. The lowest BCUT2D eigenvalue weighted by molar-refractivity contribution is -0.136. The summed E-state index contributed by atoms with van der Waals surface area (Å²) < 4.78 is 2.22. The minimum absolute atomic E-state index is 0.106. The first-order valence-electron chi connectivity index (χ1n) is 13.0. The number of anilines is 1. The van der Waals surface area contributed by atoms with Crippen LogP contribution in [-0.2, 0) is 9.59 Å². The molecular weight excluding hydrogens is 470 g/mol. The summed E-state index contributed by atoms with van der Waals surface area (Å²) in [5.74, 6) is -0.852. The van der Waals surface area contributed by atoms with Gasteiger partial charge in [-0.1, -0.05) is 18.2 Å². The van der Waals surface area contributed by atoms with Crippen molar-refractivity contribution in [2.24, 2.45) is 5.92 Å². The van der Waals surface area contributed by atoms with E-state index in [0.29, 0.717) is 29.0 Å². The maximum Gasteiger partial charge on any atom is 0.262 e. The number of nitrogens with zero attached hydrogens (tertiary/aromatic N) is 3. The molecule has 0 radical (unpaired) electrons. The summed E-state index contributed by atoms with van der Waals surface area (Å²) in [7, 11) is 0. The number of carbonyl (C=O) groups excluding carboxylic acids is 4. The summed E-state index contributed by atoms with van der Waals surface area (Å²) in [5, 5.41) is 11.9. The predicted molar refractivity (Wildman–Crippen MR) is 135 cm³/mol. The van der Waals surface area contributed by atoms with Crippen LogP contribution in [0.1, 0.15) is 76.9 Å². The van der Waals surface area contributed by atoms with Gasteiger partial charge in [0.15, 0.2) is 0 Å². The molecule has 1 aromatic heterocycles. The van der Waals surface area contributed by atoms with E-state index in [1.807, 2.05) is 0 Å². The molecule has 1 unspecified atom stereocenters. The van der Waals surface area contributed by atoms with Crippen LogP contribution < -0.4 is 10.6 Å². The lowest BCUT2D eigenvalue weighted by Crippen LogP contribution is -2.54. The molecule has 2 aliphatic carbocycles. The van der Waals surface area contributed by atoms with Crippen molar-refractivity contribution in [2.45, 2.75) is 56.5 Å². The summed E-state index contributed by atoms with van der Waals surface area (Å²) in [6, 6.07) is 13.1. The molecule has 1 atom stereocenters. The quantitative estimate of drug-likeness (QED) is 0.505. The van der Waals surface area contributed by atoms with Crippen LogP contribution in [0.4, 0.5) is 5.69 Å². The molecule has 188 valence electrons. The van der Waals surface area contributed by atoms with Gasteiger partial charge in [-0.2, -0.15) is 5.10 Å². The standard InChI is InChI=1S/C28H27N5O4/c34-24-10-9-23(26(35)30-24)32-27(36)19-8-7-17(13-21(19)28(32)37)29-14-15-11-18(12-15)33-22-4-2-1-3-20(22)25(31-33)16-5-6-16/h1-4,7-8,13,15-16,18,23,29H,5-6,9-12,14H2,(H,30,34,35). The van der Waals surface area contributed by atoms with Crippen LogP contribution >= 0.6 is 0 Å². The molecule has 0 bridgehead atoms. The maximum absolute atomic E-state index is 13.1. The van der Waals surface area contributed by atoms with Crippen LogP contribution in [-0.4, -0.2) is 50.9 Å². The van der Waals surface area contributed by atoms with E-state index in [4.69, 9.17) is 5.10 Å². The SMILES string of the molecule is O=C1CCC(N2C(=O)c3ccc(NCC4CC(n5nc(C6CC6)c6ccccc65)C4)cc3C2=O)C(=O)N1. The molecule has 3 heterocycles. The second-order valence-corrected chi connectivity index (χ2v) is 10.7. The Balaban J connectivity index is 1.01. The van der Waals surface area contributed by atoms with Crippen LogP contribution in [0.25, 0.3) is 10.9 Å². The third-order valence-corrected chi connectivity index (χ3v) is 8.20. The highest BCUT2D eigenvalue weighted by Crippen LogP contribution is 2.45. The van der Waals surface area contributed by atoms with E-state index >= 15 is 0 Å². The topological polar surface area (TPSA) is 113 Å². The zero-order valence-corrected chi connectivity index (χ0v) is 20.3. The van der Waals surface area contributed by atoms with Crippen LogP contribution in [0, 0.1) is 5.92 Å². The number of hydrogen-bond acceptors (Lipinski definition) is 6. The Labute approximate surface area is 213 Å². The van der Waals surface area contributed by atoms with Crippen molar-refractivity contribution in [3.8, 4) is 0 Å². The number of piperidine rings is 1. The Morgan fingerprint density at radius 1 is 0.946 bits per heavy atom. The Hall–Kier alpha value is -4.01. The Kier molecular flexibility index (Phi) is 4.96. The van der Waals surface area contributed by atoms with Gasteiger partial charge in [-0.05, 0) is 62.3 Å². The van der Waals surface area contributed by atoms with Crippen LogP contribution in [0.15, 0.2) is 42.5 Å². The summed E-state index contributed by atoms with van der Waals surface area (Å²) >= 11 is 0. The molecular formula is C28H27N5O4. The van der Waals surface area contributed by atoms with Gasteiger partial charge in [-0.25, -0.2) is 0 Å². The average molecular weight is 498 g/mol. The van der Waals surface area contributed by atoms with Crippen LogP contribution in [0.2, 0.25) is 0 Å². The van der Waals surface area contributed by atoms with Gasteiger partial charge in [0.25, 0.3) is 11.8 Å². The number of fused-ring (bicyclic) bond motifs is 2.